The summed E-state index contributed by atoms with van der Waals surface area (Å²) >= 11 is 0. The van der Waals surface area contributed by atoms with E-state index in [0.29, 0.717) is 0 Å². The number of hydrogen-bond acceptors (Lipinski definition) is 3. The zero-order valence-electron chi connectivity index (χ0n) is 13.4. The summed E-state index contributed by atoms with van der Waals surface area (Å²) in [6.07, 6.45) is 5.67. The summed E-state index contributed by atoms with van der Waals surface area (Å²) in [6.45, 7) is 6.77. The van der Waals surface area contributed by atoms with Gasteiger partial charge in [0.15, 0.2) is 0 Å². The van der Waals surface area contributed by atoms with Crippen molar-refractivity contribution in [3.63, 3.8) is 0 Å². The molecule has 0 radical (unpaired) electrons. The Morgan fingerprint density at radius 3 is 2.00 bits per heavy atom. The number of unbranched alkanes of at least 4 members (excludes halogenated alkanes) is 2. The minimum Gasteiger partial charge on any atom is -0.395 e. The third-order valence-electron chi connectivity index (χ3n) is 3.60. The van der Waals surface area contributed by atoms with E-state index in [1.807, 2.05) is 0 Å². The van der Waals surface area contributed by atoms with E-state index in [2.05, 4.69) is 43.0 Å². The zero-order chi connectivity index (χ0) is 14.8. The summed E-state index contributed by atoms with van der Waals surface area (Å²) in [5.41, 5.74) is 8.27. The molecule has 0 bridgehead atoms. The van der Waals surface area contributed by atoms with Crippen LogP contribution < -0.4 is 10.6 Å². The molecule has 3 nitrogen and oxygen atoms in total. The molecule has 1 unspecified atom stereocenters. The molecule has 1 aromatic rings. The van der Waals surface area contributed by atoms with Gasteiger partial charge in [-0.1, -0.05) is 38.8 Å². The SMILES string of the molecule is CCCCN(CCCC)c1ccc(CC(N)CO)cc1.Cl. The fraction of sp³-hybridized carbons (Fsp3) is 0.647. The zero-order valence-corrected chi connectivity index (χ0v) is 14.2. The van der Waals surface area contributed by atoms with E-state index < -0.39 is 0 Å². The van der Waals surface area contributed by atoms with Crippen molar-refractivity contribution in [2.75, 3.05) is 24.6 Å². The molecule has 3 N–H and O–H groups in total. The second-order valence-corrected chi connectivity index (χ2v) is 5.51. The third-order valence-corrected chi connectivity index (χ3v) is 3.60. The molecule has 0 fully saturated rings. The monoisotopic (exact) mass is 314 g/mol. The van der Waals surface area contributed by atoms with Crippen LogP contribution >= 0.6 is 12.4 Å². The number of anilines is 1. The van der Waals surface area contributed by atoms with Gasteiger partial charge in [0.25, 0.3) is 0 Å². The Hall–Kier alpha value is -0.770. The maximum absolute atomic E-state index is 9.00. The lowest BCUT2D eigenvalue weighted by Gasteiger charge is -2.25. The molecular weight excluding hydrogens is 284 g/mol. The van der Waals surface area contributed by atoms with Gasteiger partial charge >= 0.3 is 0 Å². The van der Waals surface area contributed by atoms with E-state index in [0.717, 1.165) is 19.5 Å². The molecule has 1 atom stereocenters. The van der Waals surface area contributed by atoms with Gasteiger partial charge in [-0.05, 0) is 37.0 Å². The minimum absolute atomic E-state index is 0. The van der Waals surface area contributed by atoms with Crippen molar-refractivity contribution in [1.82, 2.24) is 0 Å². The lowest BCUT2D eigenvalue weighted by molar-refractivity contribution is 0.265. The van der Waals surface area contributed by atoms with Crippen LogP contribution in [0.3, 0.4) is 0 Å². The largest absolute Gasteiger partial charge is 0.395 e. The molecule has 0 saturated heterocycles. The Balaban J connectivity index is 0.00000400. The molecule has 0 heterocycles. The van der Waals surface area contributed by atoms with Crippen molar-refractivity contribution in [3.8, 4) is 0 Å². The average molecular weight is 315 g/mol. The molecule has 0 saturated carbocycles. The third kappa shape index (κ3) is 7.70. The van der Waals surface area contributed by atoms with Crippen LogP contribution in [0.1, 0.15) is 45.1 Å². The molecule has 0 aliphatic rings. The molecule has 4 heteroatoms. The molecule has 0 amide bonds. The molecular formula is C17H31ClN2O. The van der Waals surface area contributed by atoms with Crippen LogP contribution in [0.4, 0.5) is 5.69 Å². The van der Waals surface area contributed by atoms with Crippen molar-refractivity contribution >= 4 is 18.1 Å². The maximum Gasteiger partial charge on any atom is 0.0585 e. The Morgan fingerprint density at radius 1 is 1.05 bits per heavy atom. The van der Waals surface area contributed by atoms with Gasteiger partial charge in [0.2, 0.25) is 0 Å². The Bertz CT molecular complexity index is 348. The van der Waals surface area contributed by atoms with E-state index in [9.17, 15) is 0 Å². The summed E-state index contributed by atoms with van der Waals surface area (Å²) in [4.78, 5) is 2.47. The highest BCUT2D eigenvalue weighted by Crippen LogP contribution is 2.17. The van der Waals surface area contributed by atoms with Gasteiger partial charge in [0.1, 0.15) is 0 Å². The number of hydrogen-bond donors (Lipinski definition) is 2. The van der Waals surface area contributed by atoms with Crippen molar-refractivity contribution in [2.24, 2.45) is 5.73 Å². The van der Waals surface area contributed by atoms with E-state index in [4.69, 9.17) is 10.8 Å². The van der Waals surface area contributed by atoms with Gasteiger partial charge in [-0.25, -0.2) is 0 Å². The number of nitrogens with zero attached hydrogens (tertiary/aromatic N) is 1. The smallest absolute Gasteiger partial charge is 0.0585 e. The molecule has 1 aromatic carbocycles. The molecule has 0 spiro atoms. The standard InChI is InChI=1S/C17H30N2O.ClH/c1-3-5-11-19(12-6-4-2)17-9-7-15(8-10-17)13-16(18)14-20;/h7-10,16,20H,3-6,11-14,18H2,1-2H3;1H. The Kier molecular flexibility index (Phi) is 11.4. The van der Waals surface area contributed by atoms with E-state index in [1.165, 1.54) is 36.9 Å². The van der Waals surface area contributed by atoms with Crippen LogP contribution in [0.2, 0.25) is 0 Å². The van der Waals surface area contributed by atoms with E-state index in [1.54, 1.807) is 0 Å². The number of rotatable bonds is 10. The topological polar surface area (TPSA) is 49.5 Å². The normalized spacial score (nSPS) is 11.8. The average Bonchev–Trinajstić information content (AvgIpc) is 2.48. The second-order valence-electron chi connectivity index (χ2n) is 5.51. The van der Waals surface area contributed by atoms with Crippen LogP contribution in [-0.4, -0.2) is 30.8 Å². The summed E-state index contributed by atoms with van der Waals surface area (Å²) in [5.74, 6) is 0. The Labute approximate surface area is 135 Å². The number of aliphatic hydroxyl groups excluding tert-OH is 1. The second kappa shape index (κ2) is 11.8. The van der Waals surface area contributed by atoms with E-state index >= 15 is 0 Å². The van der Waals surface area contributed by atoms with Gasteiger partial charge in [0, 0.05) is 24.8 Å². The molecule has 21 heavy (non-hydrogen) atoms. The number of aliphatic hydroxyl groups is 1. The first kappa shape index (κ1) is 20.2. The van der Waals surface area contributed by atoms with Crippen LogP contribution in [0.5, 0.6) is 0 Å². The van der Waals surface area contributed by atoms with Gasteiger partial charge in [0.05, 0.1) is 6.61 Å². The summed E-state index contributed by atoms with van der Waals surface area (Å²) in [7, 11) is 0. The lowest BCUT2D eigenvalue weighted by Crippen LogP contribution is -2.27. The Morgan fingerprint density at radius 2 is 1.57 bits per heavy atom. The first-order chi connectivity index (χ1) is 9.71. The predicted octanol–water partition coefficient (Wildman–Crippen LogP) is 3.38. The summed E-state index contributed by atoms with van der Waals surface area (Å²) in [6, 6.07) is 8.48. The van der Waals surface area contributed by atoms with Crippen molar-refractivity contribution in [1.29, 1.82) is 0 Å². The van der Waals surface area contributed by atoms with Crippen molar-refractivity contribution < 1.29 is 5.11 Å². The number of benzene rings is 1. The van der Waals surface area contributed by atoms with Gasteiger partial charge < -0.3 is 15.7 Å². The van der Waals surface area contributed by atoms with Gasteiger partial charge in [-0.2, -0.15) is 0 Å². The first-order valence-corrected chi connectivity index (χ1v) is 7.91. The summed E-state index contributed by atoms with van der Waals surface area (Å²) in [5, 5.41) is 9.00. The lowest BCUT2D eigenvalue weighted by atomic mass is 10.1. The number of nitrogens with two attached hydrogens (primary N) is 1. The maximum atomic E-state index is 9.00. The van der Waals surface area contributed by atoms with E-state index in [-0.39, 0.29) is 25.1 Å². The molecule has 122 valence electrons. The van der Waals surface area contributed by atoms with Crippen LogP contribution in [0.25, 0.3) is 0 Å². The minimum atomic E-state index is -0.155. The molecule has 0 aliphatic heterocycles. The van der Waals surface area contributed by atoms with Crippen molar-refractivity contribution in [3.05, 3.63) is 29.8 Å². The molecule has 0 aromatic heterocycles. The van der Waals surface area contributed by atoms with Gasteiger partial charge in [-0.3, -0.25) is 0 Å². The van der Waals surface area contributed by atoms with Gasteiger partial charge in [-0.15, -0.1) is 12.4 Å². The predicted molar refractivity (Wildman–Crippen MR) is 94.5 cm³/mol. The fourth-order valence-electron chi connectivity index (χ4n) is 2.28. The van der Waals surface area contributed by atoms with Crippen LogP contribution in [0, 0.1) is 0 Å². The highest BCUT2D eigenvalue weighted by atomic mass is 35.5. The summed E-state index contributed by atoms with van der Waals surface area (Å²) < 4.78 is 0. The number of halogens is 1. The molecule has 0 aliphatic carbocycles. The molecule has 1 rings (SSSR count). The fourth-order valence-corrected chi connectivity index (χ4v) is 2.28. The first-order valence-electron chi connectivity index (χ1n) is 7.91. The van der Waals surface area contributed by atoms with Crippen LogP contribution in [-0.2, 0) is 6.42 Å². The highest BCUT2D eigenvalue weighted by Gasteiger charge is 2.07. The van der Waals surface area contributed by atoms with Crippen LogP contribution in [0.15, 0.2) is 24.3 Å². The highest BCUT2D eigenvalue weighted by molar-refractivity contribution is 5.85. The van der Waals surface area contributed by atoms with Crippen molar-refractivity contribution in [2.45, 2.75) is 52.0 Å². The quantitative estimate of drug-likeness (QED) is 0.696.